The largest absolute Gasteiger partial charge is 0.389 e. The first-order valence-electron chi connectivity index (χ1n) is 6.81. The average Bonchev–Trinajstić information content (AvgIpc) is 2.36. The summed E-state index contributed by atoms with van der Waals surface area (Å²) in [5.74, 6) is -0.330. The van der Waals surface area contributed by atoms with Crippen molar-refractivity contribution in [2.45, 2.75) is 51.6 Å². The molecule has 2 unspecified atom stereocenters. The van der Waals surface area contributed by atoms with Gasteiger partial charge in [0, 0.05) is 11.1 Å². The van der Waals surface area contributed by atoms with Crippen LogP contribution in [0.15, 0.2) is 18.2 Å². The van der Waals surface area contributed by atoms with E-state index in [4.69, 9.17) is 27.4 Å². The molecule has 0 amide bonds. The molecule has 20 heavy (non-hydrogen) atoms. The number of benzene rings is 1. The molecule has 2 N–H and O–H groups in total. The van der Waals surface area contributed by atoms with Gasteiger partial charge in [0.25, 0.3) is 0 Å². The highest BCUT2D eigenvalue weighted by molar-refractivity contribution is 7.80. The van der Waals surface area contributed by atoms with E-state index in [0.717, 1.165) is 12.8 Å². The van der Waals surface area contributed by atoms with Crippen molar-refractivity contribution >= 4 is 17.2 Å². The van der Waals surface area contributed by atoms with Gasteiger partial charge in [-0.3, -0.25) is 0 Å². The molecule has 2 rings (SSSR count). The number of ether oxygens (including phenoxy) is 2. The summed E-state index contributed by atoms with van der Waals surface area (Å²) in [6.07, 6.45) is 2.17. The van der Waals surface area contributed by atoms with Crippen molar-refractivity contribution in [2.24, 2.45) is 5.73 Å². The Bertz CT molecular complexity index is 485. The second-order valence-electron chi connectivity index (χ2n) is 5.33. The number of nitrogens with two attached hydrogens (primary N) is 1. The third-order valence-corrected chi connectivity index (χ3v) is 3.70. The molecule has 1 heterocycles. The maximum absolute atomic E-state index is 13.9. The molecule has 0 aliphatic carbocycles. The normalized spacial score (nSPS) is 26.4. The fraction of sp³-hybridized carbons (Fsp3) is 0.533. The van der Waals surface area contributed by atoms with Crippen LogP contribution in [0.25, 0.3) is 0 Å². The van der Waals surface area contributed by atoms with E-state index in [1.165, 1.54) is 6.07 Å². The van der Waals surface area contributed by atoms with Crippen molar-refractivity contribution < 1.29 is 13.9 Å². The van der Waals surface area contributed by atoms with Crippen molar-refractivity contribution in [2.75, 3.05) is 0 Å². The molecule has 0 aromatic heterocycles. The van der Waals surface area contributed by atoms with Crippen molar-refractivity contribution in [3.8, 4) is 0 Å². The summed E-state index contributed by atoms with van der Waals surface area (Å²) in [4.78, 5) is 0.198. The molecule has 0 bridgehead atoms. The van der Waals surface area contributed by atoms with Crippen LogP contribution in [0.5, 0.6) is 0 Å². The Morgan fingerprint density at radius 3 is 2.60 bits per heavy atom. The molecule has 1 fully saturated rings. The highest BCUT2D eigenvalue weighted by atomic mass is 32.1. The first kappa shape index (κ1) is 15.4. The standard InChI is InChI=1S/C15H20FNO2S/c1-9-5-13(6-10(2)19-9)18-8-12-4-3-11(15(17)20)7-14(12)16/h3-4,7,9-10,13H,5-6,8H2,1-2H3,(H2,17,20). The van der Waals surface area contributed by atoms with Gasteiger partial charge in [-0.15, -0.1) is 0 Å². The summed E-state index contributed by atoms with van der Waals surface area (Å²) in [6.45, 7) is 4.32. The van der Waals surface area contributed by atoms with Crippen LogP contribution in [-0.4, -0.2) is 23.3 Å². The smallest absolute Gasteiger partial charge is 0.129 e. The lowest BCUT2D eigenvalue weighted by atomic mass is 10.0. The average molecular weight is 297 g/mol. The monoisotopic (exact) mass is 297 g/mol. The minimum Gasteiger partial charge on any atom is -0.389 e. The van der Waals surface area contributed by atoms with E-state index in [2.05, 4.69) is 0 Å². The third-order valence-electron chi connectivity index (χ3n) is 3.47. The quantitative estimate of drug-likeness (QED) is 0.868. The van der Waals surface area contributed by atoms with E-state index < -0.39 is 0 Å². The van der Waals surface area contributed by atoms with Gasteiger partial charge in [0.15, 0.2) is 0 Å². The van der Waals surface area contributed by atoms with Crippen molar-refractivity contribution in [3.05, 3.63) is 35.1 Å². The molecule has 0 radical (unpaired) electrons. The Kier molecular flexibility index (Phi) is 5.07. The van der Waals surface area contributed by atoms with Gasteiger partial charge in [0.1, 0.15) is 10.8 Å². The lowest BCUT2D eigenvalue weighted by Crippen LogP contribution is -2.34. The van der Waals surface area contributed by atoms with E-state index in [0.29, 0.717) is 11.1 Å². The van der Waals surface area contributed by atoms with E-state index in [1.54, 1.807) is 12.1 Å². The van der Waals surface area contributed by atoms with E-state index >= 15 is 0 Å². The van der Waals surface area contributed by atoms with E-state index in [9.17, 15) is 4.39 Å². The predicted molar refractivity (Wildman–Crippen MR) is 80.1 cm³/mol. The molecule has 1 saturated heterocycles. The maximum Gasteiger partial charge on any atom is 0.129 e. The SMILES string of the molecule is CC1CC(OCc2ccc(C(N)=S)cc2F)CC(C)O1. The topological polar surface area (TPSA) is 44.5 Å². The van der Waals surface area contributed by atoms with Crippen LogP contribution >= 0.6 is 12.2 Å². The van der Waals surface area contributed by atoms with Gasteiger partial charge in [-0.05, 0) is 32.8 Å². The first-order valence-corrected chi connectivity index (χ1v) is 7.22. The van der Waals surface area contributed by atoms with Gasteiger partial charge in [-0.2, -0.15) is 0 Å². The lowest BCUT2D eigenvalue weighted by molar-refractivity contribution is -0.106. The summed E-state index contributed by atoms with van der Waals surface area (Å²) < 4.78 is 25.4. The molecular weight excluding hydrogens is 277 g/mol. The summed E-state index contributed by atoms with van der Waals surface area (Å²) in [5.41, 5.74) is 6.54. The molecule has 0 saturated carbocycles. The van der Waals surface area contributed by atoms with Crippen molar-refractivity contribution in [1.29, 1.82) is 0 Å². The van der Waals surface area contributed by atoms with Crippen LogP contribution in [0.4, 0.5) is 4.39 Å². The minimum atomic E-state index is -0.330. The molecule has 1 aromatic carbocycles. The molecule has 3 nitrogen and oxygen atoms in total. The second-order valence-corrected chi connectivity index (χ2v) is 5.77. The van der Waals surface area contributed by atoms with Crippen LogP contribution in [0, 0.1) is 5.82 Å². The molecule has 5 heteroatoms. The number of hydrogen-bond donors (Lipinski definition) is 1. The summed E-state index contributed by atoms with van der Waals surface area (Å²) in [5, 5.41) is 0. The van der Waals surface area contributed by atoms with Crippen molar-refractivity contribution in [1.82, 2.24) is 0 Å². The number of halogens is 1. The lowest BCUT2D eigenvalue weighted by Gasteiger charge is -2.32. The Labute approximate surface area is 124 Å². The van der Waals surface area contributed by atoms with Crippen molar-refractivity contribution in [3.63, 3.8) is 0 Å². The van der Waals surface area contributed by atoms with Gasteiger partial charge in [0.2, 0.25) is 0 Å². The molecular formula is C15H20FNO2S. The summed E-state index contributed by atoms with van der Waals surface area (Å²) in [7, 11) is 0. The predicted octanol–water partition coefficient (Wildman–Crippen LogP) is 2.93. The Morgan fingerprint density at radius 1 is 1.40 bits per heavy atom. The first-order chi connectivity index (χ1) is 9.45. The zero-order chi connectivity index (χ0) is 14.7. The van der Waals surface area contributed by atoms with Gasteiger partial charge in [0.05, 0.1) is 24.9 Å². The van der Waals surface area contributed by atoms with Gasteiger partial charge < -0.3 is 15.2 Å². The fourth-order valence-electron chi connectivity index (χ4n) is 2.51. The number of thiocarbonyl (C=S) groups is 1. The fourth-order valence-corrected chi connectivity index (χ4v) is 2.63. The van der Waals surface area contributed by atoms with Crippen LogP contribution in [0.3, 0.4) is 0 Å². The van der Waals surface area contributed by atoms with Gasteiger partial charge in [-0.25, -0.2) is 4.39 Å². The van der Waals surface area contributed by atoms with Crippen LogP contribution in [0.1, 0.15) is 37.8 Å². The Morgan fingerprint density at radius 2 is 2.05 bits per heavy atom. The Hall–Kier alpha value is -1.04. The van der Waals surface area contributed by atoms with E-state index in [1.807, 2.05) is 13.8 Å². The van der Waals surface area contributed by atoms with Crippen LogP contribution in [0.2, 0.25) is 0 Å². The zero-order valence-corrected chi connectivity index (χ0v) is 12.6. The highest BCUT2D eigenvalue weighted by Gasteiger charge is 2.25. The summed E-state index contributed by atoms with van der Waals surface area (Å²) >= 11 is 4.82. The molecule has 0 spiro atoms. The molecule has 2 atom stereocenters. The molecule has 1 aromatic rings. The van der Waals surface area contributed by atoms with Gasteiger partial charge >= 0.3 is 0 Å². The maximum atomic E-state index is 13.9. The molecule has 1 aliphatic heterocycles. The minimum absolute atomic E-state index is 0.114. The van der Waals surface area contributed by atoms with Crippen LogP contribution < -0.4 is 5.73 Å². The zero-order valence-electron chi connectivity index (χ0n) is 11.8. The number of rotatable bonds is 4. The highest BCUT2D eigenvalue weighted by Crippen LogP contribution is 2.23. The second kappa shape index (κ2) is 6.61. The molecule has 1 aliphatic rings. The summed E-state index contributed by atoms with van der Waals surface area (Å²) in [6, 6.07) is 4.76. The third kappa shape index (κ3) is 3.98. The van der Waals surface area contributed by atoms with E-state index in [-0.39, 0.29) is 35.7 Å². The van der Waals surface area contributed by atoms with Crippen LogP contribution in [-0.2, 0) is 16.1 Å². The van der Waals surface area contributed by atoms with Gasteiger partial charge in [-0.1, -0.05) is 24.4 Å². The number of hydrogen-bond acceptors (Lipinski definition) is 3. The Balaban J connectivity index is 1.95. The molecule has 110 valence electrons.